The molecule has 11 nitrogen and oxygen atoms in total. The summed E-state index contributed by atoms with van der Waals surface area (Å²) in [4.78, 5) is 39.1. The number of aromatic nitrogens is 2. The second-order valence-electron chi connectivity index (χ2n) is 12.6. The number of carboxylic acids is 1. The molecule has 3 amide bonds. The molecule has 1 aromatic heterocycles. The third-order valence-electron chi connectivity index (χ3n) is 9.23. The number of benzene rings is 3. The van der Waals surface area contributed by atoms with E-state index in [1.807, 2.05) is 46.2 Å². The highest BCUT2D eigenvalue weighted by Gasteiger charge is 2.47. The van der Waals surface area contributed by atoms with E-state index in [2.05, 4.69) is 47.8 Å². The van der Waals surface area contributed by atoms with Crippen LogP contribution in [0.3, 0.4) is 0 Å². The Kier molecular flexibility index (Phi) is 9.77. The number of carbonyl (C=O) groups is 3. The highest BCUT2D eigenvalue weighted by atomic mass is 16.5. The number of amides is 3. The smallest absolute Gasteiger partial charge is 0.326 e. The molecule has 48 heavy (non-hydrogen) atoms. The number of hydrogen-bond donors (Lipinski definition) is 4. The Morgan fingerprint density at radius 1 is 1.08 bits per heavy atom. The lowest BCUT2D eigenvalue weighted by Gasteiger charge is -2.30. The van der Waals surface area contributed by atoms with Gasteiger partial charge in [-0.2, -0.15) is 5.10 Å². The van der Waals surface area contributed by atoms with E-state index in [0.717, 1.165) is 46.7 Å². The molecule has 11 heteroatoms. The van der Waals surface area contributed by atoms with E-state index in [0.29, 0.717) is 43.5 Å². The van der Waals surface area contributed by atoms with Crippen LogP contribution in [-0.2, 0) is 16.1 Å². The van der Waals surface area contributed by atoms with Crippen molar-refractivity contribution >= 4 is 29.3 Å². The molecule has 4 aromatic rings. The Hall–Kier alpha value is -5.16. The average molecular weight is 652 g/mol. The number of ether oxygens (including phenoxy) is 1. The number of anilines is 2. The zero-order chi connectivity index (χ0) is 33.8. The molecule has 250 valence electrons. The zero-order valence-electron chi connectivity index (χ0n) is 27.2. The molecule has 0 spiro atoms. The van der Waals surface area contributed by atoms with Gasteiger partial charge in [-0.15, -0.1) is 0 Å². The average Bonchev–Trinajstić information content (AvgIpc) is 3.72. The SMILES string of the molecule is Cc1cccc(OCCCC(=O)N2C[C@@H]3C[C@@H]3c3c(-c4cnn(Cc5cccc(NC(=O)NC(CCO)C(=O)O)c5)c4)cccc32)c1C. The Bertz CT molecular complexity index is 1820. The largest absolute Gasteiger partial charge is 0.493 e. The van der Waals surface area contributed by atoms with E-state index < -0.39 is 18.0 Å². The quantitative estimate of drug-likeness (QED) is 0.140. The summed E-state index contributed by atoms with van der Waals surface area (Å²) >= 11 is 0. The van der Waals surface area contributed by atoms with Crippen molar-refractivity contribution in [2.24, 2.45) is 5.92 Å². The minimum Gasteiger partial charge on any atom is -0.493 e. The number of aryl methyl sites for hydroxylation is 1. The van der Waals surface area contributed by atoms with Crippen LogP contribution in [0.15, 0.2) is 73.1 Å². The molecule has 3 atom stereocenters. The second-order valence-corrected chi connectivity index (χ2v) is 12.6. The van der Waals surface area contributed by atoms with Crippen LogP contribution in [0.4, 0.5) is 16.2 Å². The number of nitrogens with zero attached hydrogens (tertiary/aromatic N) is 3. The molecule has 1 aliphatic carbocycles. The maximum absolute atomic E-state index is 13.5. The van der Waals surface area contributed by atoms with Crippen molar-refractivity contribution in [2.75, 3.05) is 30.0 Å². The number of urea groups is 1. The lowest BCUT2D eigenvalue weighted by molar-refractivity contribution is -0.139. The number of fused-ring (bicyclic) bond motifs is 3. The first-order chi connectivity index (χ1) is 23.2. The van der Waals surface area contributed by atoms with Gasteiger partial charge >= 0.3 is 12.0 Å². The van der Waals surface area contributed by atoms with Gasteiger partial charge in [-0.1, -0.05) is 36.4 Å². The van der Waals surface area contributed by atoms with Crippen LogP contribution in [-0.4, -0.2) is 63.7 Å². The van der Waals surface area contributed by atoms with E-state index in [-0.39, 0.29) is 18.9 Å². The second kappa shape index (κ2) is 14.3. The molecule has 0 radical (unpaired) electrons. The minimum atomic E-state index is -1.21. The minimum absolute atomic E-state index is 0.0883. The van der Waals surface area contributed by atoms with Crippen molar-refractivity contribution in [1.29, 1.82) is 0 Å². The van der Waals surface area contributed by atoms with Gasteiger partial charge in [0.05, 0.1) is 19.3 Å². The van der Waals surface area contributed by atoms with Crippen molar-refractivity contribution < 1.29 is 29.3 Å². The van der Waals surface area contributed by atoms with Crippen molar-refractivity contribution in [1.82, 2.24) is 15.1 Å². The van der Waals surface area contributed by atoms with Gasteiger partial charge in [0.2, 0.25) is 5.91 Å². The van der Waals surface area contributed by atoms with E-state index in [4.69, 9.17) is 9.84 Å². The van der Waals surface area contributed by atoms with Gasteiger partial charge in [0, 0.05) is 49.1 Å². The summed E-state index contributed by atoms with van der Waals surface area (Å²) in [5.74, 6) is 0.671. The van der Waals surface area contributed by atoms with Gasteiger partial charge in [-0.3, -0.25) is 9.48 Å². The standard InChI is InChI=1S/C37H41N5O6/c1-23-7-3-12-33(24(23)2)48-16-6-13-34(44)42-22-26-18-30(26)35-29(10-5-11-32(35)42)27-19-38-41(21-27)20-25-8-4-9-28(17-25)39-37(47)40-31(14-15-43)36(45)46/h3-5,7-12,17,19,21,26,30-31,43H,6,13-16,18,20,22H2,1-2H3,(H,45,46)(H2,39,40,47)/t26-,30-,31?/m0/s1. The van der Waals surface area contributed by atoms with Gasteiger partial charge in [-0.25, -0.2) is 9.59 Å². The maximum atomic E-state index is 13.5. The molecular weight excluding hydrogens is 610 g/mol. The fourth-order valence-corrected chi connectivity index (χ4v) is 6.46. The maximum Gasteiger partial charge on any atom is 0.326 e. The highest BCUT2D eigenvalue weighted by Crippen LogP contribution is 2.57. The van der Waals surface area contributed by atoms with Gasteiger partial charge in [-0.05, 0) is 90.6 Å². The molecule has 3 aromatic carbocycles. The van der Waals surface area contributed by atoms with Crippen LogP contribution in [0.5, 0.6) is 5.75 Å². The van der Waals surface area contributed by atoms with Crippen LogP contribution in [0.1, 0.15) is 53.9 Å². The molecule has 1 unspecified atom stereocenters. The topological polar surface area (TPSA) is 146 Å². The van der Waals surface area contributed by atoms with Crippen molar-refractivity contribution in [3.8, 4) is 16.9 Å². The number of hydrogen-bond acceptors (Lipinski definition) is 6. The summed E-state index contributed by atoms with van der Waals surface area (Å²) in [6.07, 6.45) is 5.89. The Labute approximate surface area is 279 Å². The fourth-order valence-electron chi connectivity index (χ4n) is 6.46. The van der Waals surface area contributed by atoms with Gasteiger partial charge in [0.1, 0.15) is 11.8 Å². The monoisotopic (exact) mass is 651 g/mol. The third-order valence-corrected chi connectivity index (χ3v) is 9.23. The van der Waals surface area contributed by atoms with Crippen molar-refractivity contribution in [2.45, 2.75) is 58.0 Å². The molecule has 0 saturated heterocycles. The number of carbonyl (C=O) groups excluding carboxylic acids is 2. The van der Waals surface area contributed by atoms with Crippen LogP contribution in [0.2, 0.25) is 0 Å². The van der Waals surface area contributed by atoms with Gasteiger partial charge in [0.15, 0.2) is 0 Å². The molecular formula is C37H41N5O6. The number of aliphatic hydroxyl groups is 1. The first-order valence-electron chi connectivity index (χ1n) is 16.4. The van der Waals surface area contributed by atoms with E-state index in [9.17, 15) is 19.5 Å². The molecule has 1 saturated carbocycles. The Morgan fingerprint density at radius 3 is 2.71 bits per heavy atom. The van der Waals surface area contributed by atoms with E-state index >= 15 is 0 Å². The van der Waals surface area contributed by atoms with Gasteiger partial charge in [0.25, 0.3) is 0 Å². The van der Waals surface area contributed by atoms with Crippen LogP contribution in [0, 0.1) is 19.8 Å². The fraction of sp³-hybridized carbons (Fsp3) is 0.351. The molecule has 2 heterocycles. The van der Waals surface area contributed by atoms with E-state index in [1.54, 1.807) is 18.2 Å². The summed E-state index contributed by atoms with van der Waals surface area (Å²) in [6.45, 7) is 5.45. The number of carboxylic acid groups (broad SMARTS) is 1. The number of aliphatic carboxylic acids is 1. The first-order valence-corrected chi connectivity index (χ1v) is 16.4. The van der Waals surface area contributed by atoms with Crippen LogP contribution >= 0.6 is 0 Å². The summed E-state index contributed by atoms with van der Waals surface area (Å²) in [7, 11) is 0. The summed E-state index contributed by atoms with van der Waals surface area (Å²) < 4.78 is 7.84. The predicted molar refractivity (Wildman–Crippen MR) is 182 cm³/mol. The van der Waals surface area contributed by atoms with Gasteiger partial charge < -0.3 is 30.5 Å². The van der Waals surface area contributed by atoms with Crippen molar-refractivity contribution in [3.05, 3.63) is 95.3 Å². The predicted octanol–water partition coefficient (Wildman–Crippen LogP) is 5.48. The van der Waals surface area contributed by atoms with Crippen LogP contribution < -0.4 is 20.3 Å². The highest BCUT2D eigenvalue weighted by molar-refractivity contribution is 5.97. The summed E-state index contributed by atoms with van der Waals surface area (Å²) in [6, 6.07) is 17.6. The zero-order valence-corrected chi connectivity index (χ0v) is 27.2. The van der Waals surface area contributed by atoms with E-state index in [1.165, 1.54) is 11.1 Å². The molecule has 0 bridgehead atoms. The van der Waals surface area contributed by atoms with Crippen LogP contribution in [0.25, 0.3) is 11.1 Å². The molecule has 1 fully saturated rings. The first kappa shape index (κ1) is 32.8. The Morgan fingerprint density at radius 2 is 1.90 bits per heavy atom. The summed E-state index contributed by atoms with van der Waals surface area (Å²) in [5.41, 5.74) is 7.98. The number of rotatable bonds is 13. The third kappa shape index (κ3) is 7.36. The van der Waals surface area contributed by atoms with Crippen molar-refractivity contribution in [3.63, 3.8) is 0 Å². The molecule has 1 aliphatic heterocycles. The molecule has 4 N–H and O–H groups in total. The normalized spacial score (nSPS) is 16.8. The molecule has 6 rings (SSSR count). The lowest BCUT2D eigenvalue weighted by atomic mass is 9.92. The number of nitrogens with one attached hydrogen (secondary N) is 2. The Balaban J connectivity index is 1.10. The number of aliphatic hydroxyl groups excluding tert-OH is 1. The lowest BCUT2D eigenvalue weighted by Crippen LogP contribution is -2.43. The summed E-state index contributed by atoms with van der Waals surface area (Å²) in [5, 5.41) is 27.9. The molecule has 2 aliphatic rings.